The number of amides is 1. The van der Waals surface area contributed by atoms with Gasteiger partial charge in [0.05, 0.1) is 13.1 Å². The van der Waals surface area contributed by atoms with Gasteiger partial charge in [0.1, 0.15) is 16.6 Å². The standard InChI is InChI=1S/C18H24N2O4S2/c1-14-10-15(2)12-16(11-14)24-8-7-19(3)17(21)13-20(4)26(22,23)18-6-5-9-25-18/h5-6,9-12H,7-8,13H2,1-4H3. The van der Waals surface area contributed by atoms with E-state index in [1.165, 1.54) is 18.0 Å². The van der Waals surface area contributed by atoms with Crippen LogP contribution in [0.4, 0.5) is 0 Å². The lowest BCUT2D eigenvalue weighted by atomic mass is 10.1. The molecule has 0 spiro atoms. The Labute approximate surface area is 159 Å². The van der Waals surface area contributed by atoms with E-state index < -0.39 is 10.0 Å². The molecule has 0 bridgehead atoms. The zero-order valence-corrected chi connectivity index (χ0v) is 17.1. The number of ether oxygens (including phenoxy) is 1. The fourth-order valence-electron chi connectivity index (χ4n) is 2.40. The molecule has 6 nitrogen and oxygen atoms in total. The maximum Gasteiger partial charge on any atom is 0.252 e. The molecule has 0 aliphatic heterocycles. The van der Waals surface area contributed by atoms with Gasteiger partial charge in [-0.1, -0.05) is 12.1 Å². The van der Waals surface area contributed by atoms with Gasteiger partial charge in [-0.25, -0.2) is 8.42 Å². The molecule has 2 rings (SSSR count). The Morgan fingerprint density at radius 1 is 1.15 bits per heavy atom. The molecule has 26 heavy (non-hydrogen) atoms. The molecule has 0 unspecified atom stereocenters. The van der Waals surface area contributed by atoms with Crippen LogP contribution in [0.3, 0.4) is 0 Å². The summed E-state index contributed by atoms with van der Waals surface area (Å²) < 4.78 is 31.7. The van der Waals surface area contributed by atoms with Gasteiger partial charge in [0, 0.05) is 14.1 Å². The summed E-state index contributed by atoms with van der Waals surface area (Å²) in [7, 11) is -0.577. The number of rotatable bonds is 8. The molecule has 1 heterocycles. The van der Waals surface area contributed by atoms with Gasteiger partial charge in [-0.15, -0.1) is 11.3 Å². The van der Waals surface area contributed by atoms with Crippen LogP contribution in [-0.4, -0.2) is 57.3 Å². The molecule has 0 atom stereocenters. The molecule has 1 amide bonds. The van der Waals surface area contributed by atoms with Crippen molar-refractivity contribution in [2.24, 2.45) is 0 Å². The fourth-order valence-corrected chi connectivity index (χ4v) is 4.72. The number of likely N-dealkylation sites (N-methyl/N-ethyl adjacent to an activating group) is 2. The minimum atomic E-state index is -3.62. The highest BCUT2D eigenvalue weighted by Gasteiger charge is 2.24. The number of hydrogen-bond donors (Lipinski definition) is 0. The number of nitrogens with zero attached hydrogens (tertiary/aromatic N) is 2. The van der Waals surface area contributed by atoms with Crippen LogP contribution in [0.15, 0.2) is 39.9 Å². The van der Waals surface area contributed by atoms with Gasteiger partial charge in [0.25, 0.3) is 10.0 Å². The Kier molecular flexibility index (Phi) is 6.80. The van der Waals surface area contributed by atoms with Crippen LogP contribution < -0.4 is 4.74 Å². The topological polar surface area (TPSA) is 66.9 Å². The monoisotopic (exact) mass is 396 g/mol. The van der Waals surface area contributed by atoms with Gasteiger partial charge in [-0.05, 0) is 48.6 Å². The number of benzene rings is 1. The molecular formula is C18H24N2O4S2. The molecule has 0 aliphatic carbocycles. The molecule has 0 aliphatic rings. The smallest absolute Gasteiger partial charge is 0.252 e. The number of thiophene rings is 1. The number of carbonyl (C=O) groups excluding carboxylic acids is 1. The highest BCUT2D eigenvalue weighted by molar-refractivity contribution is 7.91. The predicted octanol–water partition coefficient (Wildman–Crippen LogP) is 2.52. The molecule has 0 N–H and O–H groups in total. The van der Waals surface area contributed by atoms with Gasteiger partial charge >= 0.3 is 0 Å². The van der Waals surface area contributed by atoms with E-state index in [0.717, 1.165) is 32.5 Å². The number of hydrogen-bond acceptors (Lipinski definition) is 5. The summed E-state index contributed by atoms with van der Waals surface area (Å²) in [6.45, 7) is 4.50. The largest absolute Gasteiger partial charge is 0.492 e. The average molecular weight is 397 g/mol. The molecule has 142 valence electrons. The molecule has 0 radical (unpaired) electrons. The summed E-state index contributed by atoms with van der Waals surface area (Å²) in [4.78, 5) is 13.8. The predicted molar refractivity (Wildman–Crippen MR) is 103 cm³/mol. The average Bonchev–Trinajstić information content (AvgIpc) is 3.08. The van der Waals surface area contributed by atoms with E-state index in [4.69, 9.17) is 4.74 Å². The maximum absolute atomic E-state index is 12.4. The third-order valence-corrected chi connectivity index (χ3v) is 7.01. The van der Waals surface area contributed by atoms with Crippen molar-refractivity contribution >= 4 is 27.3 Å². The second-order valence-corrected chi connectivity index (χ2v) is 9.40. The van der Waals surface area contributed by atoms with E-state index in [1.54, 1.807) is 18.5 Å². The molecule has 0 saturated carbocycles. The summed E-state index contributed by atoms with van der Waals surface area (Å²) in [5, 5.41) is 1.69. The van der Waals surface area contributed by atoms with E-state index in [1.807, 2.05) is 26.0 Å². The summed E-state index contributed by atoms with van der Waals surface area (Å²) in [5.41, 5.74) is 2.23. The van der Waals surface area contributed by atoms with E-state index in [-0.39, 0.29) is 16.7 Å². The Balaban J connectivity index is 1.85. The molecule has 1 aromatic carbocycles. The third kappa shape index (κ3) is 5.30. The van der Waals surface area contributed by atoms with Crippen molar-refractivity contribution in [2.75, 3.05) is 33.8 Å². The van der Waals surface area contributed by atoms with Crippen LogP contribution >= 0.6 is 11.3 Å². The second kappa shape index (κ2) is 8.66. The van der Waals surface area contributed by atoms with Gasteiger partial charge in [0.15, 0.2) is 0 Å². The molecule has 0 fully saturated rings. The SMILES string of the molecule is Cc1cc(C)cc(OCCN(C)C(=O)CN(C)S(=O)(=O)c2cccs2)c1. The van der Waals surface area contributed by atoms with E-state index in [9.17, 15) is 13.2 Å². The molecule has 0 saturated heterocycles. The Hall–Kier alpha value is -1.90. The van der Waals surface area contributed by atoms with Crippen molar-refractivity contribution in [1.29, 1.82) is 0 Å². The quantitative estimate of drug-likeness (QED) is 0.688. The van der Waals surface area contributed by atoms with Crippen LogP contribution in [0.2, 0.25) is 0 Å². The van der Waals surface area contributed by atoms with Crippen molar-refractivity contribution in [3.63, 3.8) is 0 Å². The first-order valence-corrected chi connectivity index (χ1v) is 10.5. The Morgan fingerprint density at radius 3 is 2.38 bits per heavy atom. The lowest BCUT2D eigenvalue weighted by Gasteiger charge is -2.21. The van der Waals surface area contributed by atoms with E-state index in [0.29, 0.717) is 13.2 Å². The maximum atomic E-state index is 12.4. The zero-order chi connectivity index (χ0) is 19.3. The number of sulfonamides is 1. The van der Waals surface area contributed by atoms with Crippen molar-refractivity contribution < 1.29 is 17.9 Å². The van der Waals surface area contributed by atoms with Gasteiger partial charge in [-0.3, -0.25) is 4.79 Å². The summed E-state index contributed by atoms with van der Waals surface area (Å²) in [6.07, 6.45) is 0. The van der Waals surface area contributed by atoms with Crippen molar-refractivity contribution in [3.05, 3.63) is 46.8 Å². The molecule has 2 aromatic rings. The fraction of sp³-hybridized carbons (Fsp3) is 0.389. The summed E-state index contributed by atoms with van der Waals surface area (Å²) in [6, 6.07) is 9.14. The van der Waals surface area contributed by atoms with Gasteiger partial charge in [0.2, 0.25) is 5.91 Å². The van der Waals surface area contributed by atoms with Crippen LogP contribution in [0.1, 0.15) is 11.1 Å². The first-order chi connectivity index (χ1) is 12.2. The second-order valence-electron chi connectivity index (χ2n) is 6.18. The van der Waals surface area contributed by atoms with Crippen LogP contribution in [-0.2, 0) is 14.8 Å². The van der Waals surface area contributed by atoms with Crippen LogP contribution in [0, 0.1) is 13.8 Å². The minimum Gasteiger partial charge on any atom is -0.492 e. The van der Waals surface area contributed by atoms with Crippen molar-refractivity contribution in [1.82, 2.24) is 9.21 Å². The minimum absolute atomic E-state index is 0.208. The van der Waals surface area contributed by atoms with Crippen LogP contribution in [0.25, 0.3) is 0 Å². The number of aryl methyl sites for hydroxylation is 2. The normalized spacial score (nSPS) is 11.6. The molecule has 1 aromatic heterocycles. The zero-order valence-electron chi connectivity index (χ0n) is 15.4. The van der Waals surface area contributed by atoms with Crippen LogP contribution in [0.5, 0.6) is 5.75 Å². The molecular weight excluding hydrogens is 372 g/mol. The van der Waals surface area contributed by atoms with Gasteiger partial charge < -0.3 is 9.64 Å². The summed E-state index contributed by atoms with van der Waals surface area (Å²) in [5.74, 6) is 0.484. The van der Waals surface area contributed by atoms with Crippen molar-refractivity contribution in [3.8, 4) is 5.75 Å². The number of carbonyl (C=O) groups is 1. The van der Waals surface area contributed by atoms with E-state index >= 15 is 0 Å². The molecule has 8 heteroatoms. The van der Waals surface area contributed by atoms with Crippen molar-refractivity contribution in [2.45, 2.75) is 18.1 Å². The highest BCUT2D eigenvalue weighted by Crippen LogP contribution is 2.19. The Morgan fingerprint density at radius 2 is 1.81 bits per heavy atom. The van der Waals surface area contributed by atoms with E-state index in [2.05, 4.69) is 6.07 Å². The first kappa shape index (κ1) is 20.4. The lowest BCUT2D eigenvalue weighted by Crippen LogP contribution is -2.40. The highest BCUT2D eigenvalue weighted by atomic mass is 32.2. The van der Waals surface area contributed by atoms with Gasteiger partial charge in [-0.2, -0.15) is 4.31 Å². The summed E-state index contributed by atoms with van der Waals surface area (Å²) >= 11 is 1.13. The first-order valence-electron chi connectivity index (χ1n) is 8.15. The Bertz CT molecular complexity index is 828. The lowest BCUT2D eigenvalue weighted by molar-refractivity contribution is -0.130. The third-order valence-electron chi connectivity index (χ3n) is 3.83.